The third kappa shape index (κ3) is 82.6. The van der Waals surface area contributed by atoms with Gasteiger partial charge in [-0.3, -0.25) is 9.59 Å². The Labute approximate surface area is 624 Å². The van der Waals surface area contributed by atoms with Crippen LogP contribution in [0.3, 0.4) is 0 Å². The Balaban J connectivity index is 3.98. The van der Waals surface area contributed by atoms with E-state index in [0.717, 1.165) is 109 Å². The second-order valence-electron chi connectivity index (χ2n) is 29.4. The van der Waals surface area contributed by atoms with Crippen LogP contribution >= 0.6 is 0 Å². The number of carbonyl (C=O) groups is 3. The number of nitrogens with zero attached hydrogens (tertiary/aromatic N) is 1. The first-order valence-electron chi connectivity index (χ1n) is 42.3. The Hall–Kier alpha value is -4.57. The van der Waals surface area contributed by atoms with Crippen LogP contribution in [0, 0.1) is 0 Å². The lowest BCUT2D eigenvalue weighted by atomic mass is 10.0. The predicted molar refractivity (Wildman–Crippen MR) is 438 cm³/mol. The molecular formula is C92H160NO8+. The van der Waals surface area contributed by atoms with Crippen molar-refractivity contribution >= 4 is 17.9 Å². The van der Waals surface area contributed by atoms with Crippen LogP contribution < -0.4 is 0 Å². The van der Waals surface area contributed by atoms with Gasteiger partial charge in [0.2, 0.25) is 0 Å². The van der Waals surface area contributed by atoms with Gasteiger partial charge in [-0.2, -0.15) is 0 Å². The molecule has 0 bridgehead atoms. The molecule has 9 nitrogen and oxygen atoms in total. The monoisotopic (exact) mass is 1410 g/mol. The van der Waals surface area contributed by atoms with Crippen molar-refractivity contribution in [1.82, 2.24) is 0 Å². The fraction of sp³-hybridized carbons (Fsp3) is 0.728. The third-order valence-electron chi connectivity index (χ3n) is 18.4. The van der Waals surface area contributed by atoms with Crippen LogP contribution in [0.2, 0.25) is 0 Å². The Morgan fingerprint density at radius 2 is 0.535 bits per heavy atom. The molecule has 0 radical (unpaired) electrons. The molecule has 0 aromatic carbocycles. The van der Waals surface area contributed by atoms with Crippen LogP contribution in [0.25, 0.3) is 0 Å². The lowest BCUT2D eigenvalue weighted by Gasteiger charge is -2.25. The van der Waals surface area contributed by atoms with Crippen LogP contribution in [-0.2, 0) is 33.3 Å². The van der Waals surface area contributed by atoms with E-state index >= 15 is 0 Å². The normalized spacial score (nSPS) is 13.3. The molecule has 0 saturated heterocycles. The fourth-order valence-electron chi connectivity index (χ4n) is 12.1. The number of carbonyl (C=O) groups excluding carboxylic acids is 2. The Bertz CT molecular complexity index is 2130. The highest BCUT2D eigenvalue weighted by Crippen LogP contribution is 2.19. The topological polar surface area (TPSA) is 108 Å². The summed E-state index contributed by atoms with van der Waals surface area (Å²) in [5.74, 6) is -1.99. The largest absolute Gasteiger partial charge is 0.477 e. The molecule has 0 aliphatic rings. The van der Waals surface area contributed by atoms with Gasteiger partial charge in [-0.15, -0.1) is 0 Å². The second-order valence-corrected chi connectivity index (χ2v) is 29.4. The van der Waals surface area contributed by atoms with Crippen molar-refractivity contribution in [1.29, 1.82) is 0 Å². The number of ether oxygens (including phenoxy) is 4. The summed E-state index contributed by atoms with van der Waals surface area (Å²) in [6.45, 7) is 4.69. The molecular weight excluding hydrogens is 1250 g/mol. The van der Waals surface area contributed by atoms with Crippen molar-refractivity contribution in [3.63, 3.8) is 0 Å². The minimum absolute atomic E-state index is 0.182. The average molecular weight is 1410 g/mol. The number of carboxylic acid groups (broad SMARTS) is 1. The van der Waals surface area contributed by atoms with Gasteiger partial charge in [0.25, 0.3) is 6.29 Å². The third-order valence-corrected chi connectivity index (χ3v) is 18.4. The highest BCUT2D eigenvalue weighted by molar-refractivity contribution is 5.71. The Kier molecular flexibility index (Phi) is 77.4. The fourth-order valence-corrected chi connectivity index (χ4v) is 12.1. The molecule has 0 aliphatic heterocycles. The van der Waals surface area contributed by atoms with Gasteiger partial charge < -0.3 is 28.5 Å². The molecule has 2 unspecified atom stereocenters. The molecule has 580 valence electrons. The zero-order valence-electron chi connectivity index (χ0n) is 66.5. The van der Waals surface area contributed by atoms with Gasteiger partial charge in [0.05, 0.1) is 34.4 Å². The first-order valence-corrected chi connectivity index (χ1v) is 42.3. The van der Waals surface area contributed by atoms with Gasteiger partial charge in [0, 0.05) is 12.8 Å². The van der Waals surface area contributed by atoms with Gasteiger partial charge in [-0.25, -0.2) is 4.79 Å². The molecule has 0 aromatic heterocycles. The van der Waals surface area contributed by atoms with Crippen molar-refractivity contribution in [3.8, 4) is 0 Å². The number of esters is 2. The zero-order chi connectivity index (χ0) is 73.2. The van der Waals surface area contributed by atoms with Gasteiger partial charge in [-0.1, -0.05) is 385 Å². The van der Waals surface area contributed by atoms with E-state index in [4.69, 9.17) is 18.9 Å². The number of unbranched alkanes of at least 4 members (excludes halogenated alkanes) is 41. The number of rotatable bonds is 78. The first-order chi connectivity index (χ1) is 49.6. The van der Waals surface area contributed by atoms with Crippen LogP contribution in [-0.4, -0.2) is 87.4 Å². The molecule has 0 heterocycles. The number of aliphatic carboxylic acids is 1. The number of likely N-dealkylation sites (N-methyl/N-ethyl adjacent to an activating group) is 1. The van der Waals surface area contributed by atoms with E-state index in [1.807, 2.05) is 21.1 Å². The van der Waals surface area contributed by atoms with E-state index in [0.29, 0.717) is 17.4 Å². The average Bonchev–Trinajstić information content (AvgIpc) is 1.25. The molecule has 9 heteroatoms. The summed E-state index contributed by atoms with van der Waals surface area (Å²) in [5.41, 5.74) is 0. The molecule has 2 atom stereocenters. The first kappa shape index (κ1) is 96.4. The highest BCUT2D eigenvalue weighted by atomic mass is 16.7. The van der Waals surface area contributed by atoms with E-state index in [1.165, 1.54) is 238 Å². The van der Waals surface area contributed by atoms with Crippen molar-refractivity contribution in [3.05, 3.63) is 134 Å². The number of hydrogen-bond donors (Lipinski definition) is 1. The molecule has 0 aromatic rings. The molecule has 0 aliphatic carbocycles. The van der Waals surface area contributed by atoms with Crippen LogP contribution in [0.1, 0.15) is 373 Å². The van der Waals surface area contributed by atoms with E-state index < -0.39 is 24.3 Å². The molecule has 1 N–H and O–H groups in total. The van der Waals surface area contributed by atoms with E-state index in [-0.39, 0.29) is 32.2 Å². The molecule has 0 spiro atoms. The molecule has 0 rings (SSSR count). The summed E-state index contributed by atoms with van der Waals surface area (Å²) in [6.07, 6.45) is 115. The van der Waals surface area contributed by atoms with Crippen LogP contribution in [0.4, 0.5) is 0 Å². The molecule has 0 saturated carbocycles. The van der Waals surface area contributed by atoms with Gasteiger partial charge >= 0.3 is 17.9 Å². The van der Waals surface area contributed by atoms with Crippen LogP contribution in [0.15, 0.2) is 134 Å². The summed E-state index contributed by atoms with van der Waals surface area (Å²) in [6, 6.07) is 0. The van der Waals surface area contributed by atoms with Gasteiger partial charge in [0.1, 0.15) is 13.2 Å². The van der Waals surface area contributed by atoms with Crippen LogP contribution in [0.5, 0.6) is 0 Å². The lowest BCUT2D eigenvalue weighted by molar-refractivity contribution is -0.870. The van der Waals surface area contributed by atoms with E-state index in [2.05, 4.69) is 148 Å². The summed E-state index contributed by atoms with van der Waals surface area (Å²) in [4.78, 5) is 37.8. The summed E-state index contributed by atoms with van der Waals surface area (Å²) < 4.78 is 23.1. The summed E-state index contributed by atoms with van der Waals surface area (Å²) in [5, 5.41) is 9.79. The lowest BCUT2D eigenvalue weighted by Crippen LogP contribution is -2.40. The van der Waals surface area contributed by atoms with Crippen molar-refractivity contribution in [2.45, 2.75) is 386 Å². The summed E-state index contributed by atoms with van der Waals surface area (Å²) in [7, 11) is 5.99. The maximum atomic E-state index is 13.0. The number of carboxylic acids is 1. The highest BCUT2D eigenvalue weighted by Gasteiger charge is 2.25. The second kappa shape index (κ2) is 81.1. The number of allylic oxidation sites excluding steroid dienone is 22. The minimum Gasteiger partial charge on any atom is -0.477 e. The van der Waals surface area contributed by atoms with E-state index in [1.54, 1.807) is 0 Å². The molecule has 0 fully saturated rings. The van der Waals surface area contributed by atoms with E-state index in [9.17, 15) is 19.5 Å². The minimum atomic E-state index is -1.52. The Morgan fingerprint density at radius 1 is 0.297 bits per heavy atom. The Morgan fingerprint density at radius 3 is 0.792 bits per heavy atom. The quantitative estimate of drug-likeness (QED) is 0.0211. The SMILES string of the molecule is CC/C=C\C/C=C\C/C=C\C/C=C\C/C=C\C/C=C\C/C=C\CCCCCCCCCCCCCCCCCC(=O)OC(COC(=O)CCCCCCCCCCCCCCCCCCCCCCCCCCCC/C=C\C/C=C\C/C=C\C/C=C\CC)COC(OCC[N+](C)(C)C)C(=O)O. The standard InChI is InChI=1S/C92H159NO8/c1-6-8-10-12-14-16-18-20-22-24-26-28-30-32-34-36-38-40-42-44-45-47-48-50-52-54-56-58-60-62-64-66-68-70-72-74-76-78-80-82-89(94)99-86-88(87-100-92(91(96)97)98-85-84-93(3,4)5)101-90(95)83-81-79-77-75-73-71-69-67-65-63-61-59-57-55-53-51-49-46-43-41-39-37-35-33-31-29-27-25-23-21-19-17-15-13-11-9-7-2/h8-11,14-17,20-23,26-29,33,35,39,41,46,49,88,92H,6-7,12-13,18-19,24-25,30-32,34,36-38,40,42-45,47-48,50-87H2,1-5H3/p+1/b10-8-,11-9-,16-14-,17-15-,22-20-,23-21-,28-26-,29-27-,35-33-,41-39-,49-46-. The summed E-state index contributed by atoms with van der Waals surface area (Å²) >= 11 is 0. The zero-order valence-corrected chi connectivity index (χ0v) is 66.5. The number of quaternary nitrogens is 1. The van der Waals surface area contributed by atoms with Gasteiger partial charge in [0.15, 0.2) is 6.10 Å². The van der Waals surface area contributed by atoms with Crippen molar-refractivity contribution in [2.75, 3.05) is 47.5 Å². The van der Waals surface area contributed by atoms with Crippen molar-refractivity contribution < 1.29 is 42.9 Å². The maximum absolute atomic E-state index is 13.0. The molecule has 0 amide bonds. The van der Waals surface area contributed by atoms with Gasteiger partial charge in [-0.05, 0) is 109 Å². The smallest absolute Gasteiger partial charge is 0.361 e. The maximum Gasteiger partial charge on any atom is 0.361 e. The van der Waals surface area contributed by atoms with Crippen molar-refractivity contribution in [2.24, 2.45) is 0 Å². The predicted octanol–water partition coefficient (Wildman–Crippen LogP) is 27.6. The molecule has 101 heavy (non-hydrogen) atoms. The number of hydrogen-bond acceptors (Lipinski definition) is 7.